The quantitative estimate of drug-likeness (QED) is 0.110. The third-order valence-electron chi connectivity index (χ3n) is 8.91. The molecule has 2 atom stereocenters. The van der Waals surface area contributed by atoms with Crippen LogP contribution in [-0.4, -0.2) is 60.9 Å². The molecule has 2 rings (SSSR count). The molecule has 0 bridgehead atoms. The molecule has 0 aromatic heterocycles. The zero-order valence-electron chi connectivity index (χ0n) is 28.6. The minimum absolute atomic E-state index is 0.0672. The number of nitrogens with zero attached hydrogens (tertiary/aromatic N) is 1. The summed E-state index contributed by atoms with van der Waals surface area (Å²) in [6, 6.07) is -0.157. The van der Waals surface area contributed by atoms with Crippen LogP contribution in [0, 0.1) is 0 Å². The maximum Gasteiger partial charge on any atom is 0.242 e. The van der Waals surface area contributed by atoms with Crippen molar-refractivity contribution in [3.05, 3.63) is 0 Å². The van der Waals surface area contributed by atoms with E-state index in [0.717, 1.165) is 77.5 Å². The van der Waals surface area contributed by atoms with E-state index in [4.69, 9.17) is 0 Å². The summed E-state index contributed by atoms with van der Waals surface area (Å²) >= 11 is 0. The lowest BCUT2D eigenvalue weighted by atomic mass is 10.00. The van der Waals surface area contributed by atoms with E-state index >= 15 is 0 Å². The normalized spacial score (nSPS) is 18.4. The van der Waals surface area contributed by atoms with Gasteiger partial charge in [0.15, 0.2) is 0 Å². The molecule has 0 saturated carbocycles. The molecule has 2 aliphatic rings. The van der Waals surface area contributed by atoms with Crippen molar-refractivity contribution < 1.29 is 14.4 Å². The number of amides is 3. The van der Waals surface area contributed by atoms with Gasteiger partial charge in [-0.1, -0.05) is 117 Å². The molecule has 0 aromatic carbocycles. The van der Waals surface area contributed by atoms with Gasteiger partial charge in [-0.3, -0.25) is 14.4 Å². The number of hydrogen-bond donors (Lipinski definition) is 3. The lowest BCUT2D eigenvalue weighted by Crippen LogP contribution is -2.52. The van der Waals surface area contributed by atoms with Crippen LogP contribution in [0.1, 0.15) is 175 Å². The molecule has 0 aliphatic carbocycles. The number of nitrogens with one attached hydrogen (secondary N) is 3. The van der Waals surface area contributed by atoms with Gasteiger partial charge in [-0.2, -0.15) is 0 Å². The highest BCUT2D eigenvalue weighted by molar-refractivity contribution is 5.87. The van der Waals surface area contributed by atoms with Gasteiger partial charge in [-0.15, -0.1) is 0 Å². The molecule has 2 aliphatic heterocycles. The zero-order chi connectivity index (χ0) is 31.4. The molecule has 2 fully saturated rings. The van der Waals surface area contributed by atoms with Crippen LogP contribution in [0.15, 0.2) is 0 Å². The predicted molar refractivity (Wildman–Crippen MR) is 181 cm³/mol. The average Bonchev–Trinajstić information content (AvgIpc) is 3.04. The number of piperidine rings is 2. The van der Waals surface area contributed by atoms with Gasteiger partial charge < -0.3 is 20.9 Å². The lowest BCUT2D eigenvalue weighted by Gasteiger charge is -2.35. The van der Waals surface area contributed by atoms with Crippen LogP contribution in [0.3, 0.4) is 0 Å². The molecule has 43 heavy (non-hydrogen) atoms. The zero-order valence-corrected chi connectivity index (χ0v) is 28.6. The fraction of sp³-hybridized carbons (Fsp3) is 0.917. The third kappa shape index (κ3) is 20.1. The first-order valence-corrected chi connectivity index (χ1v) is 18.6. The topological polar surface area (TPSA) is 90.5 Å². The monoisotopic (exact) mass is 607 g/mol. The number of carbonyl (C=O) groups is 3. The maximum absolute atomic E-state index is 12.6. The van der Waals surface area contributed by atoms with Crippen LogP contribution >= 0.6 is 0 Å². The Kier molecular flexibility index (Phi) is 25.5. The van der Waals surface area contributed by atoms with E-state index in [9.17, 15) is 14.4 Å². The standard InChI is InChI=1S/C22H42N2O2.C14H28N2O/c1-3-5-7-9-11-14-18-23-22(26)20-16-13-15-19-24(20)21(25)17-12-10-8-6-4-2;1-2-3-4-5-6-8-12-16-14(17)13-10-7-9-11-15-13/h20H,3-19H2,1-2H3,(H,23,26);13,15H,2-12H2,1H3,(H,16,17)/t20-;13-/m11/s1. The van der Waals surface area contributed by atoms with Crippen molar-refractivity contribution in [2.75, 3.05) is 26.2 Å². The van der Waals surface area contributed by atoms with Crippen molar-refractivity contribution in [2.24, 2.45) is 0 Å². The Morgan fingerprint density at radius 3 is 1.67 bits per heavy atom. The third-order valence-corrected chi connectivity index (χ3v) is 8.91. The summed E-state index contributed by atoms with van der Waals surface area (Å²) in [5, 5.41) is 9.40. The summed E-state index contributed by atoms with van der Waals surface area (Å²) < 4.78 is 0. The summed E-state index contributed by atoms with van der Waals surface area (Å²) in [6.45, 7) is 10.0. The summed E-state index contributed by atoms with van der Waals surface area (Å²) in [6.07, 6.45) is 27.7. The number of hydrogen-bond acceptors (Lipinski definition) is 4. The van der Waals surface area contributed by atoms with Crippen LogP contribution in [-0.2, 0) is 14.4 Å². The van der Waals surface area contributed by atoms with Crippen molar-refractivity contribution in [2.45, 2.75) is 187 Å². The Bertz CT molecular complexity index is 696. The number of carbonyl (C=O) groups excluding carboxylic acids is 3. The molecular weight excluding hydrogens is 536 g/mol. The Morgan fingerprint density at radius 1 is 0.605 bits per heavy atom. The Hall–Kier alpha value is -1.63. The van der Waals surface area contributed by atoms with Crippen LogP contribution in [0.5, 0.6) is 0 Å². The number of rotatable bonds is 22. The van der Waals surface area contributed by atoms with Gasteiger partial charge in [-0.25, -0.2) is 0 Å². The molecule has 0 unspecified atom stereocenters. The second kappa shape index (κ2) is 27.9. The number of unbranched alkanes of at least 4 members (excludes halogenated alkanes) is 14. The summed E-state index contributed by atoms with van der Waals surface area (Å²) in [5.41, 5.74) is 0. The Balaban J connectivity index is 0.000000469. The molecule has 0 spiro atoms. The van der Waals surface area contributed by atoms with Gasteiger partial charge in [0.25, 0.3) is 0 Å². The summed E-state index contributed by atoms with van der Waals surface area (Å²) in [7, 11) is 0. The molecule has 3 N–H and O–H groups in total. The molecule has 2 saturated heterocycles. The van der Waals surface area contributed by atoms with Gasteiger partial charge in [0.1, 0.15) is 6.04 Å². The number of likely N-dealkylation sites (tertiary alicyclic amines) is 1. The van der Waals surface area contributed by atoms with E-state index in [1.807, 2.05) is 4.90 Å². The van der Waals surface area contributed by atoms with Gasteiger partial charge in [0.2, 0.25) is 17.7 Å². The first kappa shape index (κ1) is 39.4. The smallest absolute Gasteiger partial charge is 0.242 e. The van der Waals surface area contributed by atoms with Crippen LogP contribution < -0.4 is 16.0 Å². The highest BCUT2D eigenvalue weighted by Gasteiger charge is 2.31. The Morgan fingerprint density at radius 2 is 1.12 bits per heavy atom. The fourth-order valence-electron chi connectivity index (χ4n) is 6.08. The van der Waals surface area contributed by atoms with Crippen molar-refractivity contribution in [1.82, 2.24) is 20.9 Å². The van der Waals surface area contributed by atoms with Crippen LogP contribution in [0.25, 0.3) is 0 Å². The summed E-state index contributed by atoms with van der Waals surface area (Å²) in [5.74, 6) is 0.455. The lowest BCUT2D eigenvalue weighted by molar-refractivity contribution is -0.142. The van der Waals surface area contributed by atoms with E-state index in [0.29, 0.717) is 6.42 Å². The van der Waals surface area contributed by atoms with Gasteiger partial charge in [0.05, 0.1) is 6.04 Å². The van der Waals surface area contributed by atoms with E-state index in [1.165, 1.54) is 96.3 Å². The fourth-order valence-corrected chi connectivity index (χ4v) is 6.08. The van der Waals surface area contributed by atoms with Crippen molar-refractivity contribution in [3.63, 3.8) is 0 Å². The SMILES string of the molecule is CCCCCCCCNC(=O)[C@H]1CCCCN1.CCCCCCCCNC(=O)[C@H]1CCCCN1C(=O)CCCCCCC. The second-order valence-corrected chi connectivity index (χ2v) is 12.9. The molecular formula is C36H70N4O3. The molecule has 3 amide bonds. The molecule has 7 nitrogen and oxygen atoms in total. The van der Waals surface area contributed by atoms with Crippen LogP contribution in [0.4, 0.5) is 0 Å². The average molecular weight is 607 g/mol. The summed E-state index contributed by atoms with van der Waals surface area (Å²) in [4.78, 5) is 38.7. The molecule has 0 radical (unpaired) electrons. The highest BCUT2D eigenvalue weighted by atomic mass is 16.2. The van der Waals surface area contributed by atoms with Crippen molar-refractivity contribution >= 4 is 17.7 Å². The van der Waals surface area contributed by atoms with Gasteiger partial charge in [-0.05, 0) is 57.9 Å². The minimum Gasteiger partial charge on any atom is -0.355 e. The van der Waals surface area contributed by atoms with E-state index in [1.54, 1.807) is 0 Å². The van der Waals surface area contributed by atoms with E-state index in [2.05, 4.69) is 36.7 Å². The van der Waals surface area contributed by atoms with E-state index < -0.39 is 0 Å². The van der Waals surface area contributed by atoms with Gasteiger partial charge in [0, 0.05) is 26.1 Å². The second-order valence-electron chi connectivity index (χ2n) is 12.9. The first-order chi connectivity index (χ1) is 21.0. The highest BCUT2D eigenvalue weighted by Crippen LogP contribution is 2.19. The van der Waals surface area contributed by atoms with Crippen LogP contribution in [0.2, 0.25) is 0 Å². The van der Waals surface area contributed by atoms with Crippen molar-refractivity contribution in [3.8, 4) is 0 Å². The largest absolute Gasteiger partial charge is 0.355 e. The van der Waals surface area contributed by atoms with E-state index in [-0.39, 0.29) is 29.8 Å². The molecule has 252 valence electrons. The molecule has 7 heteroatoms. The molecule has 2 heterocycles. The minimum atomic E-state index is -0.230. The predicted octanol–water partition coefficient (Wildman–Crippen LogP) is 7.81. The first-order valence-electron chi connectivity index (χ1n) is 18.6. The van der Waals surface area contributed by atoms with Crippen molar-refractivity contribution in [1.29, 1.82) is 0 Å². The van der Waals surface area contributed by atoms with Gasteiger partial charge >= 0.3 is 0 Å². The maximum atomic E-state index is 12.6. The molecule has 0 aromatic rings. The Labute approximate surface area is 265 Å².